The van der Waals surface area contributed by atoms with Gasteiger partial charge < -0.3 is 0 Å². The summed E-state index contributed by atoms with van der Waals surface area (Å²) in [5.74, 6) is -0.885. The predicted octanol–water partition coefficient (Wildman–Crippen LogP) is 3.56. The Morgan fingerprint density at radius 2 is 1.67 bits per heavy atom. The van der Waals surface area contributed by atoms with E-state index in [1.807, 2.05) is 13.0 Å². The first-order valence-electron chi connectivity index (χ1n) is 6.38. The zero-order valence-corrected chi connectivity index (χ0v) is 14.7. The largest absolute Gasteiger partial charge is 0.293 e. The fourth-order valence-electron chi connectivity index (χ4n) is 2.12. The number of rotatable bonds is 4. The lowest BCUT2D eigenvalue weighted by molar-refractivity contribution is 0.102. The van der Waals surface area contributed by atoms with Gasteiger partial charge in [0.2, 0.25) is 0 Å². The molecule has 0 heterocycles. The third-order valence-corrected chi connectivity index (χ3v) is 5.64. The van der Waals surface area contributed by atoms with Gasteiger partial charge >= 0.3 is 0 Å². The lowest BCUT2D eigenvalue weighted by Crippen LogP contribution is -2.17. The third-order valence-electron chi connectivity index (χ3n) is 3.15. The van der Waals surface area contributed by atoms with E-state index in [-0.39, 0.29) is 10.7 Å². The van der Waals surface area contributed by atoms with Gasteiger partial charge in [0.15, 0.2) is 15.6 Å². The van der Waals surface area contributed by atoms with Crippen LogP contribution in [-0.2, 0) is 9.84 Å². The number of hydrogen-bond acceptors (Lipinski definition) is 3. The fourth-order valence-corrected chi connectivity index (χ4v) is 3.97. The summed E-state index contributed by atoms with van der Waals surface area (Å²) >= 11 is 2.14. The van der Waals surface area contributed by atoms with Crippen LogP contribution in [-0.4, -0.2) is 20.0 Å². The molecule has 0 aromatic heterocycles. The first-order chi connectivity index (χ1) is 9.79. The maximum absolute atomic E-state index is 12.4. The van der Waals surface area contributed by atoms with Gasteiger partial charge in [0.1, 0.15) is 5.75 Å². The minimum absolute atomic E-state index is 0.229. The van der Waals surface area contributed by atoms with Crippen molar-refractivity contribution in [3.05, 3.63) is 62.7 Å². The Labute approximate surface area is 138 Å². The highest BCUT2D eigenvalue weighted by molar-refractivity contribution is 14.1. The summed E-state index contributed by atoms with van der Waals surface area (Å²) in [5.41, 5.74) is 2.09. The lowest BCUT2D eigenvalue weighted by atomic mass is 10.1. The molecule has 2 rings (SSSR count). The number of hydrogen-bond donors (Lipinski definition) is 0. The van der Waals surface area contributed by atoms with Gasteiger partial charge in [-0.2, -0.15) is 0 Å². The summed E-state index contributed by atoms with van der Waals surface area (Å²) < 4.78 is 25.8. The van der Waals surface area contributed by atoms with Crippen LogP contribution in [0, 0.1) is 17.4 Å². The van der Waals surface area contributed by atoms with Crippen molar-refractivity contribution in [1.29, 1.82) is 0 Å². The van der Waals surface area contributed by atoms with E-state index >= 15 is 0 Å². The highest BCUT2D eigenvalue weighted by Gasteiger charge is 2.22. The fraction of sp³-hybridized carbons (Fsp3) is 0.188. The zero-order chi connectivity index (χ0) is 15.6. The zero-order valence-electron chi connectivity index (χ0n) is 11.8. The van der Waals surface area contributed by atoms with E-state index in [0.717, 1.165) is 9.13 Å². The number of Topliss-reactive ketones (excluding diaryl/α,β-unsaturated/α-hetero) is 1. The first-order valence-corrected chi connectivity index (χ1v) is 9.11. The first kappa shape index (κ1) is 16.2. The van der Waals surface area contributed by atoms with E-state index in [9.17, 15) is 13.2 Å². The third kappa shape index (κ3) is 3.91. The number of benzene rings is 2. The Balaban J connectivity index is 2.29. The molecular formula is C16H15IO3S. The van der Waals surface area contributed by atoms with Crippen LogP contribution in [0.15, 0.2) is 47.4 Å². The van der Waals surface area contributed by atoms with Gasteiger partial charge in [-0.1, -0.05) is 29.8 Å². The molecule has 21 heavy (non-hydrogen) atoms. The van der Waals surface area contributed by atoms with Crippen molar-refractivity contribution in [3.8, 4) is 0 Å². The molecule has 0 atom stereocenters. The van der Waals surface area contributed by atoms with E-state index in [0.29, 0.717) is 11.1 Å². The molecule has 3 nitrogen and oxygen atoms in total. The molecule has 5 heteroatoms. The van der Waals surface area contributed by atoms with Gasteiger partial charge in [-0.3, -0.25) is 4.79 Å². The summed E-state index contributed by atoms with van der Waals surface area (Å²) in [7, 11) is -3.62. The monoisotopic (exact) mass is 414 g/mol. The summed E-state index contributed by atoms with van der Waals surface area (Å²) in [6, 6.07) is 12.0. The molecule has 2 aromatic rings. The smallest absolute Gasteiger partial charge is 0.186 e. The minimum atomic E-state index is -3.62. The predicted molar refractivity (Wildman–Crippen MR) is 91.5 cm³/mol. The van der Waals surface area contributed by atoms with E-state index in [2.05, 4.69) is 22.6 Å². The topological polar surface area (TPSA) is 51.2 Å². The quantitative estimate of drug-likeness (QED) is 0.568. The van der Waals surface area contributed by atoms with Crippen LogP contribution in [0.1, 0.15) is 21.5 Å². The van der Waals surface area contributed by atoms with Gasteiger partial charge in [0, 0.05) is 9.13 Å². The Hall–Kier alpha value is -1.21. The van der Waals surface area contributed by atoms with Crippen LogP contribution in [0.2, 0.25) is 0 Å². The van der Waals surface area contributed by atoms with Crippen LogP contribution >= 0.6 is 22.6 Å². The molecule has 0 saturated heterocycles. The molecule has 0 bridgehead atoms. The van der Waals surface area contributed by atoms with Crippen LogP contribution in [0.25, 0.3) is 0 Å². The summed E-state index contributed by atoms with van der Waals surface area (Å²) in [6.07, 6.45) is 0. The van der Waals surface area contributed by atoms with Crippen molar-refractivity contribution in [2.45, 2.75) is 18.7 Å². The van der Waals surface area contributed by atoms with E-state index in [1.54, 1.807) is 43.3 Å². The average molecular weight is 414 g/mol. The lowest BCUT2D eigenvalue weighted by Gasteiger charge is -2.08. The Morgan fingerprint density at radius 3 is 2.24 bits per heavy atom. The molecule has 0 aliphatic carbocycles. The van der Waals surface area contributed by atoms with E-state index in [4.69, 9.17) is 0 Å². The average Bonchev–Trinajstić information content (AvgIpc) is 2.38. The molecule has 2 aromatic carbocycles. The highest BCUT2D eigenvalue weighted by Crippen LogP contribution is 2.19. The second-order valence-corrected chi connectivity index (χ2v) is 8.16. The SMILES string of the molecule is Cc1ccc(S(=O)(=O)CC(=O)c2ccc(I)cc2)c(C)c1. The van der Waals surface area contributed by atoms with Gasteiger partial charge in [-0.15, -0.1) is 0 Å². The maximum Gasteiger partial charge on any atom is 0.186 e. The van der Waals surface area contributed by atoms with E-state index < -0.39 is 15.6 Å². The molecule has 0 saturated carbocycles. The van der Waals surface area contributed by atoms with E-state index in [1.165, 1.54) is 0 Å². The van der Waals surface area contributed by atoms with Crippen molar-refractivity contribution < 1.29 is 13.2 Å². The summed E-state index contributed by atoms with van der Waals surface area (Å²) in [4.78, 5) is 12.4. The normalized spacial score (nSPS) is 11.4. The molecule has 0 aliphatic rings. The molecular weight excluding hydrogens is 399 g/mol. The molecule has 0 aliphatic heterocycles. The van der Waals surface area contributed by atoms with Crippen LogP contribution < -0.4 is 0 Å². The Bertz CT molecular complexity index is 778. The minimum Gasteiger partial charge on any atom is -0.293 e. The second-order valence-electron chi connectivity index (χ2n) is 4.96. The van der Waals surface area contributed by atoms with Crippen LogP contribution in [0.5, 0.6) is 0 Å². The highest BCUT2D eigenvalue weighted by atomic mass is 127. The van der Waals surface area contributed by atoms with Crippen molar-refractivity contribution in [1.82, 2.24) is 0 Å². The van der Waals surface area contributed by atoms with Gasteiger partial charge in [-0.05, 0) is 60.2 Å². The van der Waals surface area contributed by atoms with Gasteiger partial charge in [0.25, 0.3) is 0 Å². The molecule has 0 spiro atoms. The molecule has 0 unspecified atom stereocenters. The Kier molecular flexibility index (Phi) is 4.83. The standard InChI is InChI=1S/C16H15IO3S/c1-11-3-8-16(12(2)9-11)21(19,20)10-15(18)13-4-6-14(17)7-5-13/h3-9H,10H2,1-2H3. The number of carbonyl (C=O) groups excluding carboxylic acids is 1. The Morgan fingerprint density at radius 1 is 1.05 bits per heavy atom. The van der Waals surface area contributed by atoms with Crippen molar-refractivity contribution in [2.24, 2.45) is 0 Å². The number of sulfone groups is 1. The molecule has 110 valence electrons. The maximum atomic E-state index is 12.4. The number of halogens is 1. The van der Waals surface area contributed by atoms with Gasteiger partial charge in [-0.25, -0.2) is 8.42 Å². The number of aryl methyl sites for hydroxylation is 2. The van der Waals surface area contributed by atoms with Crippen molar-refractivity contribution >= 4 is 38.2 Å². The molecule has 0 amide bonds. The van der Waals surface area contributed by atoms with Crippen molar-refractivity contribution in [3.63, 3.8) is 0 Å². The number of ketones is 1. The van der Waals surface area contributed by atoms with Gasteiger partial charge in [0.05, 0.1) is 4.90 Å². The molecule has 0 radical (unpaired) electrons. The molecule has 0 N–H and O–H groups in total. The summed E-state index contributed by atoms with van der Waals surface area (Å²) in [6.45, 7) is 3.65. The summed E-state index contributed by atoms with van der Waals surface area (Å²) in [5, 5.41) is 0. The molecule has 0 fully saturated rings. The second kappa shape index (κ2) is 6.27. The van der Waals surface area contributed by atoms with Crippen LogP contribution in [0.3, 0.4) is 0 Å². The number of carbonyl (C=O) groups is 1. The van der Waals surface area contributed by atoms with Crippen LogP contribution in [0.4, 0.5) is 0 Å². The van der Waals surface area contributed by atoms with Crippen molar-refractivity contribution in [2.75, 3.05) is 5.75 Å².